The normalized spacial score (nSPS) is 10.4. The largest absolute Gasteiger partial charge is 0.493 e. The van der Waals surface area contributed by atoms with Crippen molar-refractivity contribution in [1.29, 1.82) is 0 Å². The summed E-state index contributed by atoms with van der Waals surface area (Å²) in [6.45, 7) is 1.88. The van der Waals surface area contributed by atoms with Gasteiger partial charge < -0.3 is 9.47 Å². The van der Waals surface area contributed by atoms with E-state index >= 15 is 0 Å². The van der Waals surface area contributed by atoms with Crippen LogP contribution in [0.4, 0.5) is 8.78 Å². The second-order valence-electron chi connectivity index (χ2n) is 4.28. The molecule has 5 heteroatoms. The molecule has 0 aromatic heterocycles. The van der Waals surface area contributed by atoms with E-state index < -0.39 is 17.4 Å². The first-order chi connectivity index (χ1) is 9.55. The number of methoxy groups -OCH3 is 1. The van der Waals surface area contributed by atoms with Gasteiger partial charge in [-0.3, -0.25) is 0 Å². The molecule has 0 unspecified atom stereocenters. The van der Waals surface area contributed by atoms with Crippen LogP contribution in [-0.2, 0) is 5.88 Å². The summed E-state index contributed by atoms with van der Waals surface area (Å²) < 4.78 is 38.1. The number of rotatable bonds is 4. The summed E-state index contributed by atoms with van der Waals surface area (Å²) in [7, 11) is 1.46. The zero-order valence-corrected chi connectivity index (χ0v) is 11.8. The van der Waals surface area contributed by atoms with E-state index in [1.54, 1.807) is 18.2 Å². The lowest BCUT2D eigenvalue weighted by atomic mass is 10.2. The zero-order valence-electron chi connectivity index (χ0n) is 11.0. The quantitative estimate of drug-likeness (QED) is 0.754. The van der Waals surface area contributed by atoms with Crippen LogP contribution in [0.5, 0.6) is 17.2 Å². The minimum Gasteiger partial charge on any atom is -0.493 e. The van der Waals surface area contributed by atoms with Crippen molar-refractivity contribution in [2.45, 2.75) is 12.8 Å². The molecule has 0 aliphatic heterocycles. The Morgan fingerprint density at radius 1 is 1.05 bits per heavy atom. The molecule has 2 nitrogen and oxygen atoms in total. The molecule has 2 aromatic carbocycles. The Morgan fingerprint density at radius 3 is 2.25 bits per heavy atom. The van der Waals surface area contributed by atoms with Crippen molar-refractivity contribution in [1.82, 2.24) is 0 Å². The van der Waals surface area contributed by atoms with Gasteiger partial charge in [0.25, 0.3) is 0 Å². The van der Waals surface area contributed by atoms with Gasteiger partial charge in [-0.05, 0) is 42.3 Å². The molecule has 0 N–H and O–H groups in total. The maximum Gasteiger partial charge on any atom is 0.198 e. The van der Waals surface area contributed by atoms with Crippen LogP contribution in [0.1, 0.15) is 11.1 Å². The fourth-order valence-corrected chi connectivity index (χ4v) is 1.91. The van der Waals surface area contributed by atoms with E-state index in [-0.39, 0.29) is 11.6 Å². The highest BCUT2D eigenvalue weighted by atomic mass is 35.5. The fraction of sp³-hybridized carbons (Fsp3) is 0.200. The lowest BCUT2D eigenvalue weighted by Gasteiger charge is -2.12. The van der Waals surface area contributed by atoms with E-state index in [1.807, 2.05) is 6.92 Å². The minimum absolute atomic E-state index is 0.0297. The van der Waals surface area contributed by atoms with Crippen molar-refractivity contribution >= 4 is 11.6 Å². The van der Waals surface area contributed by atoms with Crippen molar-refractivity contribution in [2.75, 3.05) is 7.11 Å². The lowest BCUT2D eigenvalue weighted by Crippen LogP contribution is -1.97. The van der Waals surface area contributed by atoms with Crippen LogP contribution < -0.4 is 9.47 Å². The predicted octanol–water partition coefficient (Wildman–Crippen LogP) is 4.81. The van der Waals surface area contributed by atoms with Gasteiger partial charge in [-0.2, -0.15) is 0 Å². The molecule has 0 aliphatic carbocycles. The van der Waals surface area contributed by atoms with Gasteiger partial charge in [-0.25, -0.2) is 8.78 Å². The highest BCUT2D eigenvalue weighted by Crippen LogP contribution is 2.35. The highest BCUT2D eigenvalue weighted by Gasteiger charge is 2.15. The van der Waals surface area contributed by atoms with Crippen LogP contribution in [0, 0.1) is 18.6 Å². The topological polar surface area (TPSA) is 18.5 Å². The van der Waals surface area contributed by atoms with Gasteiger partial charge in [0.15, 0.2) is 28.9 Å². The molecular formula is C15H13ClF2O2. The predicted molar refractivity (Wildman–Crippen MR) is 73.7 cm³/mol. The summed E-state index contributed by atoms with van der Waals surface area (Å²) in [4.78, 5) is 0. The smallest absolute Gasteiger partial charge is 0.198 e. The molecule has 0 aliphatic rings. The molecule has 0 bridgehead atoms. The molecule has 2 rings (SSSR count). The summed E-state index contributed by atoms with van der Waals surface area (Å²) in [6, 6.07) is 7.37. The molecular weight excluding hydrogens is 286 g/mol. The monoisotopic (exact) mass is 298 g/mol. The van der Waals surface area contributed by atoms with E-state index in [1.165, 1.54) is 7.11 Å². The summed E-state index contributed by atoms with van der Waals surface area (Å²) in [6.07, 6.45) is 0. The Balaban J connectivity index is 2.40. The zero-order chi connectivity index (χ0) is 14.7. The van der Waals surface area contributed by atoms with E-state index in [0.717, 1.165) is 17.7 Å². The van der Waals surface area contributed by atoms with Crippen LogP contribution >= 0.6 is 11.6 Å². The Morgan fingerprint density at radius 2 is 1.70 bits per heavy atom. The van der Waals surface area contributed by atoms with Gasteiger partial charge in [-0.15, -0.1) is 11.6 Å². The van der Waals surface area contributed by atoms with Gasteiger partial charge in [0.2, 0.25) is 0 Å². The summed E-state index contributed by atoms with van der Waals surface area (Å²) >= 11 is 5.55. The van der Waals surface area contributed by atoms with E-state index in [2.05, 4.69) is 0 Å². The number of hydrogen-bond donors (Lipinski definition) is 0. The number of hydrogen-bond acceptors (Lipinski definition) is 2. The molecule has 2 aromatic rings. The van der Waals surface area contributed by atoms with Crippen LogP contribution in [0.3, 0.4) is 0 Å². The second kappa shape index (κ2) is 6.09. The first-order valence-corrected chi connectivity index (χ1v) is 6.45. The average Bonchev–Trinajstić information content (AvgIpc) is 2.43. The molecule has 0 fully saturated rings. The maximum atomic E-state index is 13.8. The molecule has 106 valence electrons. The van der Waals surface area contributed by atoms with Gasteiger partial charge in [0, 0.05) is 5.88 Å². The van der Waals surface area contributed by atoms with Gasteiger partial charge in [-0.1, -0.05) is 6.07 Å². The first kappa shape index (κ1) is 14.6. The van der Waals surface area contributed by atoms with Gasteiger partial charge >= 0.3 is 0 Å². The second-order valence-corrected chi connectivity index (χ2v) is 4.55. The van der Waals surface area contributed by atoms with Gasteiger partial charge in [0.1, 0.15) is 0 Å². The number of ether oxygens (including phenoxy) is 2. The molecule has 0 saturated heterocycles. The molecule has 0 saturated carbocycles. The number of alkyl halides is 1. The van der Waals surface area contributed by atoms with Crippen LogP contribution in [0.25, 0.3) is 0 Å². The number of benzene rings is 2. The van der Waals surface area contributed by atoms with Crippen molar-refractivity contribution in [2.24, 2.45) is 0 Å². The average molecular weight is 299 g/mol. The third-order valence-corrected chi connectivity index (χ3v) is 3.05. The van der Waals surface area contributed by atoms with Crippen molar-refractivity contribution in [3.63, 3.8) is 0 Å². The van der Waals surface area contributed by atoms with Crippen molar-refractivity contribution in [3.8, 4) is 17.2 Å². The van der Waals surface area contributed by atoms with Crippen LogP contribution in [-0.4, -0.2) is 7.11 Å². The molecule has 0 heterocycles. The third-order valence-electron chi connectivity index (χ3n) is 2.74. The Kier molecular flexibility index (Phi) is 4.45. The Bertz CT molecular complexity index is 606. The summed E-state index contributed by atoms with van der Waals surface area (Å²) in [5, 5.41) is 0. The summed E-state index contributed by atoms with van der Waals surface area (Å²) in [5.41, 5.74) is 1.30. The fourth-order valence-electron chi connectivity index (χ4n) is 1.76. The number of halogens is 3. The van der Waals surface area contributed by atoms with E-state index in [4.69, 9.17) is 21.1 Å². The Labute approximate surface area is 120 Å². The highest BCUT2D eigenvalue weighted by molar-refractivity contribution is 6.17. The maximum absolute atomic E-state index is 13.8. The standard InChI is InChI=1S/C15H13ClF2O2/c1-9-3-4-13(14(5-9)19-2)20-15-11(17)6-10(8-16)7-12(15)18/h3-7H,8H2,1-2H3. The van der Waals surface area contributed by atoms with Gasteiger partial charge in [0.05, 0.1) is 7.11 Å². The van der Waals surface area contributed by atoms with Crippen LogP contribution in [0.2, 0.25) is 0 Å². The Hall–Kier alpha value is -1.81. The summed E-state index contributed by atoms with van der Waals surface area (Å²) in [5.74, 6) is -1.39. The molecule has 0 amide bonds. The third kappa shape index (κ3) is 3.02. The molecule has 0 spiro atoms. The lowest BCUT2D eigenvalue weighted by molar-refractivity contribution is 0.359. The SMILES string of the molecule is COc1cc(C)ccc1Oc1c(F)cc(CCl)cc1F. The molecule has 0 atom stereocenters. The van der Waals surface area contributed by atoms with Crippen molar-refractivity contribution < 1.29 is 18.3 Å². The number of aryl methyl sites for hydroxylation is 1. The van der Waals surface area contributed by atoms with Crippen LogP contribution in [0.15, 0.2) is 30.3 Å². The van der Waals surface area contributed by atoms with E-state index in [9.17, 15) is 8.78 Å². The molecule has 0 radical (unpaired) electrons. The minimum atomic E-state index is -0.803. The first-order valence-electron chi connectivity index (χ1n) is 5.91. The molecule has 20 heavy (non-hydrogen) atoms. The van der Waals surface area contributed by atoms with E-state index in [0.29, 0.717) is 11.3 Å². The van der Waals surface area contributed by atoms with Crippen molar-refractivity contribution in [3.05, 3.63) is 53.1 Å².